The molecule has 3 heteroatoms. The summed E-state index contributed by atoms with van der Waals surface area (Å²) < 4.78 is 18.7. The molecule has 1 aliphatic rings. The van der Waals surface area contributed by atoms with Gasteiger partial charge in [-0.15, -0.1) is 0 Å². The fraction of sp³-hybridized carbons (Fsp3) is 0.625. The van der Waals surface area contributed by atoms with Gasteiger partial charge in [-0.1, -0.05) is 12.1 Å². The lowest BCUT2D eigenvalue weighted by Crippen LogP contribution is -2.24. The van der Waals surface area contributed by atoms with Crippen molar-refractivity contribution >= 4 is 0 Å². The number of halogens is 1. The van der Waals surface area contributed by atoms with E-state index in [1.54, 1.807) is 12.1 Å². The maximum absolute atomic E-state index is 13.3. The first-order chi connectivity index (χ1) is 9.29. The molecule has 0 aromatic heterocycles. The molecule has 106 valence electrons. The van der Waals surface area contributed by atoms with Gasteiger partial charge in [0.2, 0.25) is 0 Å². The molecule has 1 saturated carbocycles. The third-order valence-electron chi connectivity index (χ3n) is 3.60. The summed E-state index contributed by atoms with van der Waals surface area (Å²) in [4.78, 5) is 0. The molecule has 1 aromatic rings. The molecule has 0 saturated heterocycles. The summed E-state index contributed by atoms with van der Waals surface area (Å²) in [5, 5.41) is 3.55. The minimum absolute atomic E-state index is 0.140. The lowest BCUT2D eigenvalue weighted by Gasteiger charge is -2.18. The highest BCUT2D eigenvalue weighted by atomic mass is 19.1. The van der Waals surface area contributed by atoms with Crippen molar-refractivity contribution in [2.75, 3.05) is 19.8 Å². The molecular formula is C16H24FNO. The molecule has 1 fully saturated rings. The number of benzene rings is 1. The van der Waals surface area contributed by atoms with E-state index in [9.17, 15) is 4.39 Å². The van der Waals surface area contributed by atoms with Gasteiger partial charge >= 0.3 is 0 Å². The van der Waals surface area contributed by atoms with E-state index >= 15 is 0 Å². The van der Waals surface area contributed by atoms with Crippen LogP contribution in [0, 0.1) is 5.82 Å². The summed E-state index contributed by atoms with van der Waals surface area (Å²) in [5.41, 5.74) is 1.10. The highest BCUT2D eigenvalue weighted by molar-refractivity contribution is 5.21. The molecule has 1 aliphatic carbocycles. The van der Waals surface area contributed by atoms with E-state index in [0.717, 1.165) is 38.2 Å². The van der Waals surface area contributed by atoms with Crippen LogP contribution in [0.15, 0.2) is 24.3 Å². The van der Waals surface area contributed by atoms with Crippen LogP contribution in [0.5, 0.6) is 0 Å². The lowest BCUT2D eigenvalue weighted by atomic mass is 9.94. The second-order valence-corrected chi connectivity index (χ2v) is 5.27. The molecule has 0 spiro atoms. The van der Waals surface area contributed by atoms with Crippen molar-refractivity contribution < 1.29 is 9.13 Å². The quantitative estimate of drug-likeness (QED) is 0.690. The Morgan fingerprint density at radius 1 is 1.42 bits per heavy atom. The van der Waals surface area contributed by atoms with Crippen molar-refractivity contribution in [3.8, 4) is 0 Å². The highest BCUT2D eigenvalue weighted by Gasteiger charge is 2.22. The number of hydrogen-bond acceptors (Lipinski definition) is 2. The van der Waals surface area contributed by atoms with Gasteiger partial charge in [-0.3, -0.25) is 0 Å². The van der Waals surface area contributed by atoms with Gasteiger partial charge in [-0.2, -0.15) is 0 Å². The van der Waals surface area contributed by atoms with Gasteiger partial charge in [0.05, 0.1) is 0 Å². The van der Waals surface area contributed by atoms with Crippen LogP contribution in [0.25, 0.3) is 0 Å². The molecule has 0 radical (unpaired) electrons. The van der Waals surface area contributed by atoms with E-state index in [1.165, 1.54) is 18.9 Å². The van der Waals surface area contributed by atoms with Crippen molar-refractivity contribution in [2.45, 2.75) is 44.6 Å². The Morgan fingerprint density at radius 3 is 2.95 bits per heavy atom. The first kappa shape index (κ1) is 14.5. The van der Waals surface area contributed by atoms with E-state index in [-0.39, 0.29) is 5.82 Å². The zero-order valence-corrected chi connectivity index (χ0v) is 11.7. The molecular weight excluding hydrogens is 241 g/mol. The predicted octanol–water partition coefficient (Wildman–Crippen LogP) is 3.48. The Kier molecular flexibility index (Phi) is 5.80. The van der Waals surface area contributed by atoms with Gasteiger partial charge in [0.25, 0.3) is 0 Å². The summed E-state index contributed by atoms with van der Waals surface area (Å²) in [6.07, 6.45) is 4.65. The van der Waals surface area contributed by atoms with Gasteiger partial charge in [0, 0.05) is 25.8 Å². The van der Waals surface area contributed by atoms with Gasteiger partial charge in [0.15, 0.2) is 0 Å². The molecule has 2 nitrogen and oxygen atoms in total. The van der Waals surface area contributed by atoms with Crippen LogP contribution in [0.4, 0.5) is 4.39 Å². The molecule has 19 heavy (non-hydrogen) atoms. The number of rotatable bonds is 9. The SMILES string of the molecule is CCOCCCC(CNC1CC1)c1cccc(F)c1. The van der Waals surface area contributed by atoms with Crippen molar-refractivity contribution in [1.29, 1.82) is 0 Å². The molecule has 0 bridgehead atoms. The van der Waals surface area contributed by atoms with Crippen LogP contribution < -0.4 is 5.32 Å². The predicted molar refractivity (Wildman–Crippen MR) is 75.9 cm³/mol. The molecule has 1 N–H and O–H groups in total. The van der Waals surface area contributed by atoms with Crippen LogP contribution in [0.1, 0.15) is 44.1 Å². The molecule has 0 amide bonds. The van der Waals surface area contributed by atoms with Crippen molar-refractivity contribution in [3.05, 3.63) is 35.6 Å². The average Bonchev–Trinajstić information content (AvgIpc) is 3.22. The van der Waals surface area contributed by atoms with Crippen molar-refractivity contribution in [3.63, 3.8) is 0 Å². The summed E-state index contributed by atoms with van der Waals surface area (Å²) >= 11 is 0. The summed E-state index contributed by atoms with van der Waals surface area (Å²) in [6.45, 7) is 4.52. The maximum Gasteiger partial charge on any atom is 0.123 e. The average molecular weight is 265 g/mol. The number of nitrogens with one attached hydrogen (secondary N) is 1. The summed E-state index contributed by atoms with van der Waals surface area (Å²) in [5.74, 6) is 0.246. The van der Waals surface area contributed by atoms with Gasteiger partial charge in [0.1, 0.15) is 5.82 Å². The van der Waals surface area contributed by atoms with Gasteiger partial charge < -0.3 is 10.1 Å². The lowest BCUT2D eigenvalue weighted by molar-refractivity contribution is 0.141. The number of hydrogen-bond donors (Lipinski definition) is 1. The topological polar surface area (TPSA) is 21.3 Å². The molecule has 2 rings (SSSR count). The van der Waals surface area contributed by atoms with Crippen LogP contribution in [-0.2, 0) is 4.74 Å². The third-order valence-corrected chi connectivity index (χ3v) is 3.60. The maximum atomic E-state index is 13.3. The standard InChI is InChI=1S/C16H24FNO/c1-2-19-10-4-6-14(12-18-16-8-9-16)13-5-3-7-15(17)11-13/h3,5,7,11,14,16,18H,2,4,6,8-10,12H2,1H3. The summed E-state index contributed by atoms with van der Waals surface area (Å²) in [7, 11) is 0. The van der Waals surface area contributed by atoms with Gasteiger partial charge in [-0.05, 0) is 56.2 Å². The molecule has 1 aromatic carbocycles. The Hall–Kier alpha value is -0.930. The molecule has 0 aliphatic heterocycles. The Bertz CT molecular complexity index is 379. The molecule has 1 atom stereocenters. The Labute approximate surface area is 115 Å². The fourth-order valence-corrected chi connectivity index (χ4v) is 2.32. The van der Waals surface area contributed by atoms with Crippen LogP contribution in [-0.4, -0.2) is 25.8 Å². The Morgan fingerprint density at radius 2 is 2.26 bits per heavy atom. The van der Waals surface area contributed by atoms with E-state index in [2.05, 4.69) is 5.32 Å². The zero-order valence-electron chi connectivity index (χ0n) is 11.7. The number of ether oxygens (including phenoxy) is 1. The van der Waals surface area contributed by atoms with Crippen molar-refractivity contribution in [1.82, 2.24) is 5.32 Å². The first-order valence-corrected chi connectivity index (χ1v) is 7.36. The second-order valence-electron chi connectivity index (χ2n) is 5.27. The third kappa shape index (κ3) is 5.29. The molecule has 1 unspecified atom stereocenters. The van der Waals surface area contributed by atoms with Gasteiger partial charge in [-0.25, -0.2) is 4.39 Å². The van der Waals surface area contributed by atoms with Crippen molar-refractivity contribution in [2.24, 2.45) is 0 Å². The zero-order chi connectivity index (χ0) is 13.5. The van der Waals surface area contributed by atoms with E-state index in [0.29, 0.717) is 12.0 Å². The smallest absolute Gasteiger partial charge is 0.123 e. The molecule has 0 heterocycles. The van der Waals surface area contributed by atoms with Crippen LogP contribution in [0.2, 0.25) is 0 Å². The summed E-state index contributed by atoms with van der Waals surface area (Å²) in [6, 6.07) is 7.71. The highest BCUT2D eigenvalue weighted by Crippen LogP contribution is 2.24. The van der Waals surface area contributed by atoms with E-state index in [1.807, 2.05) is 13.0 Å². The fourth-order valence-electron chi connectivity index (χ4n) is 2.32. The Balaban J connectivity index is 1.87. The monoisotopic (exact) mass is 265 g/mol. The first-order valence-electron chi connectivity index (χ1n) is 7.36. The minimum Gasteiger partial charge on any atom is -0.382 e. The minimum atomic E-state index is -0.140. The van der Waals surface area contributed by atoms with Crippen LogP contribution in [0.3, 0.4) is 0 Å². The second kappa shape index (κ2) is 7.61. The normalized spacial score (nSPS) is 16.5. The van der Waals surface area contributed by atoms with Crippen LogP contribution >= 0.6 is 0 Å². The largest absolute Gasteiger partial charge is 0.382 e. The van der Waals surface area contributed by atoms with E-state index in [4.69, 9.17) is 4.74 Å². The van der Waals surface area contributed by atoms with E-state index < -0.39 is 0 Å².